The number of nitrogens with zero attached hydrogens (tertiary/aromatic N) is 3. The Morgan fingerprint density at radius 1 is 0.921 bits per heavy atom. The number of aryl methyl sites for hydroxylation is 1. The van der Waals surface area contributed by atoms with Crippen LogP contribution in [-0.2, 0) is 22.6 Å². The molecular weight excluding hydrogens is 472 g/mol. The van der Waals surface area contributed by atoms with Gasteiger partial charge in [0.2, 0.25) is 11.8 Å². The van der Waals surface area contributed by atoms with Gasteiger partial charge in [0.15, 0.2) is 0 Å². The molecule has 202 valence electrons. The molecule has 1 aromatic heterocycles. The van der Waals surface area contributed by atoms with Crippen molar-refractivity contribution in [3.63, 3.8) is 0 Å². The van der Waals surface area contributed by atoms with Crippen LogP contribution in [0, 0.1) is 6.92 Å². The Morgan fingerprint density at radius 3 is 2.18 bits per heavy atom. The van der Waals surface area contributed by atoms with Gasteiger partial charge in [-0.3, -0.25) is 9.59 Å². The molecule has 0 spiro atoms. The number of aromatic nitrogens is 2. The normalized spacial score (nSPS) is 17.8. The summed E-state index contributed by atoms with van der Waals surface area (Å²) in [5, 5.41) is 3.16. The van der Waals surface area contributed by atoms with Gasteiger partial charge in [-0.05, 0) is 62.8 Å². The molecule has 6 nitrogen and oxygen atoms in total. The van der Waals surface area contributed by atoms with Crippen molar-refractivity contribution in [2.24, 2.45) is 0 Å². The molecule has 1 unspecified atom stereocenters. The van der Waals surface area contributed by atoms with E-state index in [1.54, 1.807) is 0 Å². The highest BCUT2D eigenvalue weighted by molar-refractivity contribution is 5.82. The van der Waals surface area contributed by atoms with E-state index in [1.165, 1.54) is 38.5 Å². The molecule has 2 aliphatic carbocycles. The van der Waals surface area contributed by atoms with E-state index in [0.717, 1.165) is 53.7 Å². The minimum atomic E-state index is -0.315. The third kappa shape index (κ3) is 5.95. The molecule has 2 fully saturated rings. The fraction of sp³-hybridized carbons (Fsp3) is 0.531. The lowest BCUT2D eigenvalue weighted by Crippen LogP contribution is -2.50. The van der Waals surface area contributed by atoms with Crippen LogP contribution in [0.15, 0.2) is 48.5 Å². The third-order valence-corrected chi connectivity index (χ3v) is 8.58. The topological polar surface area (TPSA) is 67.2 Å². The molecule has 1 N–H and O–H groups in total. The molecule has 2 saturated carbocycles. The number of fused-ring (bicyclic) bond motifs is 1. The van der Waals surface area contributed by atoms with Crippen LogP contribution in [-0.4, -0.2) is 38.3 Å². The Bertz CT molecular complexity index is 1240. The van der Waals surface area contributed by atoms with Crippen LogP contribution in [0.5, 0.6) is 0 Å². The van der Waals surface area contributed by atoms with E-state index in [0.29, 0.717) is 18.5 Å². The van der Waals surface area contributed by atoms with Crippen LogP contribution in [0.1, 0.15) is 94.1 Å². The standard InChI is InChI=1S/C32H42N4O2/c1-23-13-9-10-14-25(23)21-30(37)33-24(2)32-34-28-19-11-12-20-29(28)35(32)22-31(38)36(26-15-5-3-6-16-26)27-17-7-4-8-18-27/h9-14,19-20,24,26-27H,3-8,15-18,21-22H2,1-2H3,(H,33,37). The zero-order valence-electron chi connectivity index (χ0n) is 23.0. The van der Waals surface area contributed by atoms with Crippen molar-refractivity contribution in [1.29, 1.82) is 0 Å². The zero-order chi connectivity index (χ0) is 26.5. The zero-order valence-corrected chi connectivity index (χ0v) is 23.0. The average Bonchev–Trinajstić information content (AvgIpc) is 3.30. The molecular formula is C32H42N4O2. The Morgan fingerprint density at radius 2 is 1.53 bits per heavy atom. The predicted octanol–water partition coefficient (Wildman–Crippen LogP) is 6.26. The lowest BCUT2D eigenvalue weighted by molar-refractivity contribution is -0.138. The first-order valence-corrected chi connectivity index (χ1v) is 14.6. The van der Waals surface area contributed by atoms with E-state index in [2.05, 4.69) is 14.8 Å². The highest BCUT2D eigenvalue weighted by atomic mass is 16.2. The van der Waals surface area contributed by atoms with E-state index in [9.17, 15) is 9.59 Å². The summed E-state index contributed by atoms with van der Waals surface area (Å²) < 4.78 is 2.05. The summed E-state index contributed by atoms with van der Waals surface area (Å²) in [6, 6.07) is 16.4. The van der Waals surface area contributed by atoms with Gasteiger partial charge in [-0.2, -0.15) is 0 Å². The molecule has 5 rings (SSSR count). The number of imidazole rings is 1. The molecule has 1 atom stereocenters. The van der Waals surface area contributed by atoms with Crippen LogP contribution < -0.4 is 5.32 Å². The van der Waals surface area contributed by atoms with Crippen molar-refractivity contribution >= 4 is 22.8 Å². The molecule has 2 aromatic carbocycles. The number of nitrogens with one attached hydrogen (secondary N) is 1. The Balaban J connectivity index is 1.39. The first-order valence-electron chi connectivity index (χ1n) is 14.6. The van der Waals surface area contributed by atoms with E-state index in [1.807, 2.05) is 62.4 Å². The summed E-state index contributed by atoms with van der Waals surface area (Å²) in [6.45, 7) is 4.26. The molecule has 0 bridgehead atoms. The number of hydrogen-bond donors (Lipinski definition) is 1. The lowest BCUT2D eigenvalue weighted by Gasteiger charge is -2.42. The number of amides is 2. The van der Waals surface area contributed by atoms with E-state index >= 15 is 0 Å². The largest absolute Gasteiger partial charge is 0.346 e. The van der Waals surface area contributed by atoms with Crippen molar-refractivity contribution in [2.75, 3.05) is 0 Å². The molecule has 2 amide bonds. The summed E-state index contributed by atoms with van der Waals surface area (Å²) in [6.07, 6.45) is 12.2. The Kier molecular flexibility index (Phi) is 8.45. The molecule has 3 aromatic rings. The van der Waals surface area contributed by atoms with E-state index in [-0.39, 0.29) is 24.4 Å². The highest BCUT2D eigenvalue weighted by Crippen LogP contribution is 2.31. The number of hydrogen-bond acceptors (Lipinski definition) is 3. The van der Waals surface area contributed by atoms with Crippen LogP contribution >= 0.6 is 0 Å². The van der Waals surface area contributed by atoms with Gasteiger partial charge in [-0.25, -0.2) is 4.98 Å². The highest BCUT2D eigenvalue weighted by Gasteiger charge is 2.33. The maximum atomic E-state index is 14.1. The van der Waals surface area contributed by atoms with Crippen molar-refractivity contribution in [1.82, 2.24) is 19.8 Å². The first-order chi connectivity index (χ1) is 18.5. The van der Waals surface area contributed by atoms with Crippen LogP contribution in [0.2, 0.25) is 0 Å². The van der Waals surface area contributed by atoms with Gasteiger partial charge in [0, 0.05) is 12.1 Å². The van der Waals surface area contributed by atoms with Crippen molar-refractivity contribution in [3.8, 4) is 0 Å². The molecule has 38 heavy (non-hydrogen) atoms. The van der Waals surface area contributed by atoms with Gasteiger partial charge >= 0.3 is 0 Å². The number of carbonyl (C=O) groups is 2. The second-order valence-corrected chi connectivity index (χ2v) is 11.3. The molecule has 0 saturated heterocycles. The number of para-hydroxylation sites is 2. The first kappa shape index (κ1) is 26.5. The van der Waals surface area contributed by atoms with Crippen LogP contribution in [0.25, 0.3) is 11.0 Å². The molecule has 0 radical (unpaired) electrons. The summed E-state index contributed by atoms with van der Waals surface area (Å²) in [7, 11) is 0. The predicted molar refractivity (Wildman–Crippen MR) is 152 cm³/mol. The maximum Gasteiger partial charge on any atom is 0.243 e. The second-order valence-electron chi connectivity index (χ2n) is 11.3. The molecule has 0 aliphatic heterocycles. The van der Waals surface area contributed by atoms with Gasteiger partial charge < -0.3 is 14.8 Å². The average molecular weight is 515 g/mol. The van der Waals surface area contributed by atoms with Crippen LogP contribution in [0.4, 0.5) is 0 Å². The maximum absolute atomic E-state index is 14.1. The van der Waals surface area contributed by atoms with Crippen LogP contribution in [0.3, 0.4) is 0 Å². The fourth-order valence-corrected chi connectivity index (χ4v) is 6.57. The fourth-order valence-electron chi connectivity index (χ4n) is 6.57. The third-order valence-electron chi connectivity index (χ3n) is 8.58. The quantitative estimate of drug-likeness (QED) is 0.386. The molecule has 6 heteroatoms. The summed E-state index contributed by atoms with van der Waals surface area (Å²) >= 11 is 0. The van der Waals surface area contributed by atoms with E-state index in [4.69, 9.17) is 4.98 Å². The van der Waals surface area contributed by atoms with Gasteiger partial charge in [0.1, 0.15) is 12.4 Å². The minimum absolute atomic E-state index is 0.0391. The monoisotopic (exact) mass is 514 g/mol. The van der Waals surface area contributed by atoms with Gasteiger partial charge in [0.25, 0.3) is 0 Å². The smallest absolute Gasteiger partial charge is 0.243 e. The van der Waals surface area contributed by atoms with Crippen molar-refractivity contribution < 1.29 is 9.59 Å². The van der Waals surface area contributed by atoms with Crippen molar-refractivity contribution in [2.45, 2.75) is 109 Å². The summed E-state index contributed by atoms with van der Waals surface area (Å²) in [5.74, 6) is 0.902. The summed E-state index contributed by atoms with van der Waals surface area (Å²) in [5.41, 5.74) is 3.94. The summed E-state index contributed by atoms with van der Waals surface area (Å²) in [4.78, 5) is 34.3. The Hall–Kier alpha value is -3.15. The number of rotatable bonds is 8. The Labute approximate surface area is 226 Å². The second kappa shape index (κ2) is 12.1. The SMILES string of the molecule is Cc1ccccc1CC(=O)NC(C)c1nc2ccccc2n1CC(=O)N(C1CCCCC1)C1CCCCC1. The van der Waals surface area contributed by atoms with Gasteiger partial charge in [-0.1, -0.05) is 74.9 Å². The number of carbonyl (C=O) groups excluding carboxylic acids is 2. The number of benzene rings is 2. The van der Waals surface area contributed by atoms with Gasteiger partial charge in [-0.15, -0.1) is 0 Å². The van der Waals surface area contributed by atoms with E-state index < -0.39 is 0 Å². The lowest BCUT2D eigenvalue weighted by atomic mass is 9.88. The van der Waals surface area contributed by atoms with Gasteiger partial charge in [0.05, 0.1) is 23.5 Å². The van der Waals surface area contributed by atoms with Crippen molar-refractivity contribution in [3.05, 3.63) is 65.5 Å². The molecule has 1 heterocycles. The minimum Gasteiger partial charge on any atom is -0.346 e. The molecule has 2 aliphatic rings.